The number of halogens is 1. The van der Waals surface area contributed by atoms with Crippen LogP contribution < -0.4 is 10.6 Å². The van der Waals surface area contributed by atoms with E-state index in [0.717, 1.165) is 25.0 Å². The Morgan fingerprint density at radius 2 is 2.22 bits per heavy atom. The summed E-state index contributed by atoms with van der Waals surface area (Å²) >= 11 is 1.82. The molecule has 1 aliphatic rings. The van der Waals surface area contributed by atoms with Crippen molar-refractivity contribution >= 4 is 41.3 Å². The Labute approximate surface area is 162 Å². The highest BCUT2D eigenvalue weighted by Gasteiger charge is 2.23. The number of thiophene rings is 1. The standard InChI is InChI=1S/C17H30N4S.HI/c1-5-21-9-8-14(12-21)11-19-16(18-4)20-13-17(2,3)15-7-6-10-22-15;/h6-7,10,14H,5,8-9,11-13H2,1-4H3,(H2,18,19,20);1H. The monoisotopic (exact) mass is 450 g/mol. The highest BCUT2D eigenvalue weighted by Crippen LogP contribution is 2.26. The summed E-state index contributed by atoms with van der Waals surface area (Å²) in [6.45, 7) is 12.3. The average molecular weight is 450 g/mol. The zero-order valence-electron chi connectivity index (χ0n) is 14.8. The van der Waals surface area contributed by atoms with Crippen molar-refractivity contribution in [3.63, 3.8) is 0 Å². The molecule has 0 aromatic carbocycles. The van der Waals surface area contributed by atoms with Gasteiger partial charge in [-0.25, -0.2) is 0 Å². The Bertz CT molecular complexity index is 473. The van der Waals surface area contributed by atoms with E-state index in [1.165, 1.54) is 30.9 Å². The fourth-order valence-corrected chi connectivity index (χ4v) is 3.74. The van der Waals surface area contributed by atoms with E-state index in [1.807, 2.05) is 18.4 Å². The average Bonchev–Trinajstić information content (AvgIpc) is 3.19. The molecule has 1 atom stereocenters. The van der Waals surface area contributed by atoms with Gasteiger partial charge in [-0.1, -0.05) is 26.8 Å². The predicted octanol–water partition coefficient (Wildman–Crippen LogP) is 3.15. The Kier molecular flexibility index (Phi) is 8.85. The molecule has 23 heavy (non-hydrogen) atoms. The van der Waals surface area contributed by atoms with Crippen molar-refractivity contribution in [2.24, 2.45) is 10.9 Å². The molecule has 2 heterocycles. The van der Waals surface area contributed by atoms with Crippen molar-refractivity contribution in [3.05, 3.63) is 22.4 Å². The summed E-state index contributed by atoms with van der Waals surface area (Å²) in [7, 11) is 1.85. The van der Waals surface area contributed by atoms with Gasteiger partial charge < -0.3 is 15.5 Å². The summed E-state index contributed by atoms with van der Waals surface area (Å²) in [5.74, 6) is 1.66. The third-order valence-corrected chi connectivity index (χ3v) is 5.72. The van der Waals surface area contributed by atoms with E-state index < -0.39 is 0 Å². The van der Waals surface area contributed by atoms with E-state index in [9.17, 15) is 0 Å². The van der Waals surface area contributed by atoms with Crippen LogP contribution in [0.2, 0.25) is 0 Å². The quantitative estimate of drug-likeness (QED) is 0.398. The maximum atomic E-state index is 4.36. The molecule has 0 spiro atoms. The van der Waals surface area contributed by atoms with Crippen LogP contribution in [0.3, 0.4) is 0 Å². The van der Waals surface area contributed by atoms with E-state index >= 15 is 0 Å². The molecule has 0 bridgehead atoms. The third kappa shape index (κ3) is 6.23. The molecule has 1 aliphatic heterocycles. The van der Waals surface area contributed by atoms with Crippen LogP contribution in [0.1, 0.15) is 32.1 Å². The summed E-state index contributed by atoms with van der Waals surface area (Å²) in [6.07, 6.45) is 1.29. The SMILES string of the molecule is CCN1CCC(CNC(=NC)NCC(C)(C)c2cccs2)C1.I. The smallest absolute Gasteiger partial charge is 0.191 e. The van der Waals surface area contributed by atoms with Crippen LogP contribution in [-0.2, 0) is 5.41 Å². The molecule has 1 saturated heterocycles. The molecule has 0 radical (unpaired) electrons. The summed E-state index contributed by atoms with van der Waals surface area (Å²) in [6, 6.07) is 4.33. The molecule has 6 heteroatoms. The van der Waals surface area contributed by atoms with Gasteiger partial charge in [-0.2, -0.15) is 0 Å². The van der Waals surface area contributed by atoms with Gasteiger partial charge in [0.2, 0.25) is 0 Å². The van der Waals surface area contributed by atoms with Crippen LogP contribution in [0, 0.1) is 5.92 Å². The number of hydrogen-bond acceptors (Lipinski definition) is 3. The zero-order valence-corrected chi connectivity index (χ0v) is 17.9. The summed E-state index contributed by atoms with van der Waals surface area (Å²) < 4.78 is 0. The first-order valence-corrected chi connectivity index (χ1v) is 9.14. The van der Waals surface area contributed by atoms with Crippen LogP contribution >= 0.6 is 35.3 Å². The highest BCUT2D eigenvalue weighted by molar-refractivity contribution is 14.0. The van der Waals surface area contributed by atoms with Crippen LogP contribution in [0.4, 0.5) is 0 Å². The zero-order chi connectivity index (χ0) is 16.0. The molecule has 1 unspecified atom stereocenters. The molecular formula is C17H31IN4S. The second-order valence-electron chi connectivity index (χ2n) is 6.72. The largest absolute Gasteiger partial charge is 0.356 e. The minimum atomic E-state index is 0. The lowest BCUT2D eigenvalue weighted by molar-refractivity contribution is 0.341. The van der Waals surface area contributed by atoms with Crippen molar-refractivity contribution in [1.82, 2.24) is 15.5 Å². The van der Waals surface area contributed by atoms with Gasteiger partial charge in [0, 0.05) is 37.0 Å². The molecular weight excluding hydrogens is 419 g/mol. The normalized spacial score (nSPS) is 19.5. The first-order valence-electron chi connectivity index (χ1n) is 8.26. The van der Waals surface area contributed by atoms with E-state index in [0.29, 0.717) is 0 Å². The first kappa shape index (κ1) is 20.7. The number of nitrogens with zero attached hydrogens (tertiary/aromatic N) is 2. The molecule has 132 valence electrons. The topological polar surface area (TPSA) is 39.7 Å². The predicted molar refractivity (Wildman–Crippen MR) is 112 cm³/mol. The first-order chi connectivity index (χ1) is 10.5. The Hall–Kier alpha value is -0.340. The summed E-state index contributed by atoms with van der Waals surface area (Å²) in [5, 5.41) is 9.11. The number of nitrogens with one attached hydrogen (secondary N) is 2. The van der Waals surface area contributed by atoms with Gasteiger partial charge in [-0.05, 0) is 36.9 Å². The minimum absolute atomic E-state index is 0. The minimum Gasteiger partial charge on any atom is -0.356 e. The lowest BCUT2D eigenvalue weighted by Gasteiger charge is -2.25. The van der Waals surface area contributed by atoms with Gasteiger partial charge in [0.25, 0.3) is 0 Å². The van der Waals surface area contributed by atoms with E-state index in [1.54, 1.807) is 0 Å². The number of guanidine groups is 1. The van der Waals surface area contributed by atoms with Gasteiger partial charge >= 0.3 is 0 Å². The second-order valence-corrected chi connectivity index (χ2v) is 7.66. The fraction of sp³-hybridized carbons (Fsp3) is 0.706. The van der Waals surface area contributed by atoms with Gasteiger partial charge in [0.15, 0.2) is 5.96 Å². The van der Waals surface area contributed by atoms with Crippen LogP contribution in [0.15, 0.2) is 22.5 Å². The Morgan fingerprint density at radius 3 is 2.78 bits per heavy atom. The van der Waals surface area contributed by atoms with Crippen LogP contribution in [0.25, 0.3) is 0 Å². The highest BCUT2D eigenvalue weighted by atomic mass is 127. The summed E-state index contributed by atoms with van der Waals surface area (Å²) in [5.41, 5.74) is 0.123. The molecule has 2 rings (SSSR count). The van der Waals surface area contributed by atoms with Crippen molar-refractivity contribution < 1.29 is 0 Å². The molecule has 2 N–H and O–H groups in total. The lowest BCUT2D eigenvalue weighted by Crippen LogP contribution is -2.44. The molecule has 4 nitrogen and oxygen atoms in total. The molecule has 0 aliphatic carbocycles. The van der Waals surface area contributed by atoms with Crippen molar-refractivity contribution in [2.45, 2.75) is 32.6 Å². The van der Waals surface area contributed by atoms with Crippen molar-refractivity contribution in [3.8, 4) is 0 Å². The molecule has 1 aromatic rings. The maximum absolute atomic E-state index is 4.36. The summed E-state index contributed by atoms with van der Waals surface area (Å²) in [4.78, 5) is 8.28. The maximum Gasteiger partial charge on any atom is 0.191 e. The van der Waals surface area contributed by atoms with Crippen molar-refractivity contribution in [1.29, 1.82) is 0 Å². The van der Waals surface area contributed by atoms with Crippen LogP contribution in [-0.4, -0.2) is 50.6 Å². The Morgan fingerprint density at radius 1 is 1.43 bits per heavy atom. The number of hydrogen-bond donors (Lipinski definition) is 2. The van der Waals surface area contributed by atoms with E-state index in [2.05, 4.69) is 58.8 Å². The van der Waals surface area contributed by atoms with E-state index in [4.69, 9.17) is 0 Å². The second kappa shape index (κ2) is 9.84. The van der Waals surface area contributed by atoms with Crippen molar-refractivity contribution in [2.75, 3.05) is 39.8 Å². The third-order valence-electron chi connectivity index (χ3n) is 4.48. The van der Waals surface area contributed by atoms with Gasteiger partial charge in [-0.15, -0.1) is 35.3 Å². The number of likely N-dealkylation sites (tertiary alicyclic amines) is 1. The van der Waals surface area contributed by atoms with Gasteiger partial charge in [0.05, 0.1) is 0 Å². The lowest BCUT2D eigenvalue weighted by atomic mass is 9.91. The Balaban J connectivity index is 0.00000264. The molecule has 1 aromatic heterocycles. The number of aliphatic imine (C=N–C) groups is 1. The molecule has 1 fully saturated rings. The van der Waals surface area contributed by atoms with E-state index in [-0.39, 0.29) is 29.4 Å². The fourth-order valence-electron chi connectivity index (χ4n) is 2.88. The number of rotatable bonds is 6. The van der Waals surface area contributed by atoms with Gasteiger partial charge in [0.1, 0.15) is 0 Å². The molecule has 0 amide bonds. The molecule has 0 saturated carbocycles. The van der Waals surface area contributed by atoms with Gasteiger partial charge in [-0.3, -0.25) is 4.99 Å². The van der Waals surface area contributed by atoms with Crippen LogP contribution in [0.5, 0.6) is 0 Å².